The quantitative estimate of drug-likeness (QED) is 0.669. The Kier molecular flexibility index (Phi) is 2.22. The van der Waals surface area contributed by atoms with E-state index < -0.39 is 0 Å². The maximum Gasteiger partial charge on any atom is 0.241 e. The molecule has 4 heteroatoms. The predicted molar refractivity (Wildman–Crippen MR) is 55.0 cm³/mol. The van der Waals surface area contributed by atoms with E-state index in [1.54, 1.807) is 18.0 Å². The molecule has 0 spiro atoms. The highest BCUT2D eigenvalue weighted by Crippen LogP contribution is 2.25. The van der Waals surface area contributed by atoms with Crippen molar-refractivity contribution in [3.8, 4) is 0 Å². The van der Waals surface area contributed by atoms with E-state index in [-0.39, 0.29) is 11.2 Å². The van der Waals surface area contributed by atoms with Crippen molar-refractivity contribution in [1.82, 2.24) is 5.32 Å². The minimum absolute atomic E-state index is 0.0286. The second-order valence-electron chi connectivity index (χ2n) is 2.98. The highest BCUT2D eigenvalue weighted by molar-refractivity contribution is 8.01. The van der Waals surface area contributed by atoms with E-state index >= 15 is 0 Å². The van der Waals surface area contributed by atoms with Gasteiger partial charge in [-0.1, -0.05) is 12.7 Å². The lowest BCUT2D eigenvalue weighted by atomic mass is 10.2. The van der Waals surface area contributed by atoms with Gasteiger partial charge in [0.2, 0.25) is 5.91 Å². The monoisotopic (exact) mass is 194 g/mol. The molecule has 2 aliphatic rings. The Morgan fingerprint density at radius 2 is 2.54 bits per heavy atom. The average molecular weight is 194 g/mol. The standard InChI is InChI=1S/C9H10N2OS/c1-6-5-13-8(9(12)11-6)7-2-3-10-4-7/h2,4,8H,1,3,5H2,(H,11,12). The molecule has 2 heterocycles. The Morgan fingerprint density at radius 1 is 1.69 bits per heavy atom. The summed E-state index contributed by atoms with van der Waals surface area (Å²) < 4.78 is 0. The van der Waals surface area contributed by atoms with Crippen molar-refractivity contribution < 1.29 is 4.79 Å². The minimum atomic E-state index is -0.0863. The second kappa shape index (κ2) is 3.38. The first-order valence-corrected chi connectivity index (χ1v) is 5.12. The van der Waals surface area contributed by atoms with Gasteiger partial charge in [0.1, 0.15) is 5.25 Å². The van der Waals surface area contributed by atoms with Crippen LogP contribution in [0.25, 0.3) is 0 Å². The van der Waals surface area contributed by atoms with Crippen molar-refractivity contribution in [2.24, 2.45) is 4.99 Å². The molecule has 0 saturated carbocycles. The van der Waals surface area contributed by atoms with Gasteiger partial charge < -0.3 is 5.32 Å². The van der Waals surface area contributed by atoms with Gasteiger partial charge in [0, 0.05) is 17.7 Å². The Labute approximate surface area is 81.0 Å². The fourth-order valence-corrected chi connectivity index (χ4v) is 2.33. The van der Waals surface area contributed by atoms with Crippen LogP contribution >= 0.6 is 11.8 Å². The number of nitrogens with zero attached hydrogens (tertiary/aromatic N) is 1. The van der Waals surface area contributed by atoms with Gasteiger partial charge in [0.25, 0.3) is 0 Å². The van der Waals surface area contributed by atoms with E-state index in [9.17, 15) is 4.79 Å². The summed E-state index contributed by atoms with van der Waals surface area (Å²) in [4.78, 5) is 15.6. The number of nitrogens with one attached hydrogen (secondary N) is 1. The van der Waals surface area contributed by atoms with E-state index in [1.165, 1.54) is 0 Å². The van der Waals surface area contributed by atoms with Crippen molar-refractivity contribution in [1.29, 1.82) is 0 Å². The summed E-state index contributed by atoms with van der Waals surface area (Å²) in [5.74, 6) is 0.822. The van der Waals surface area contributed by atoms with Gasteiger partial charge in [-0.3, -0.25) is 9.79 Å². The van der Waals surface area contributed by atoms with Crippen molar-refractivity contribution in [2.45, 2.75) is 5.25 Å². The zero-order valence-corrected chi connectivity index (χ0v) is 7.93. The molecular weight excluding hydrogens is 184 g/mol. The van der Waals surface area contributed by atoms with Gasteiger partial charge in [-0.2, -0.15) is 0 Å². The first-order chi connectivity index (χ1) is 6.27. The van der Waals surface area contributed by atoms with Crippen LogP contribution in [0.15, 0.2) is 28.9 Å². The Bertz CT molecular complexity index is 320. The van der Waals surface area contributed by atoms with Crippen molar-refractivity contribution >= 4 is 23.9 Å². The molecule has 0 aromatic carbocycles. The molecule has 0 bridgehead atoms. The molecule has 1 atom stereocenters. The molecule has 0 aliphatic carbocycles. The summed E-state index contributed by atoms with van der Waals surface area (Å²) in [5.41, 5.74) is 1.82. The molecule has 0 aromatic heterocycles. The van der Waals surface area contributed by atoms with Crippen LogP contribution in [0.1, 0.15) is 0 Å². The lowest BCUT2D eigenvalue weighted by molar-refractivity contribution is -0.119. The van der Waals surface area contributed by atoms with Crippen LogP contribution in [-0.4, -0.2) is 29.7 Å². The first kappa shape index (κ1) is 8.56. The molecule has 1 saturated heterocycles. The molecule has 2 rings (SSSR count). The largest absolute Gasteiger partial charge is 0.328 e. The number of aliphatic imine (C=N–C) groups is 1. The molecule has 3 nitrogen and oxygen atoms in total. The molecule has 1 amide bonds. The fourth-order valence-electron chi connectivity index (χ4n) is 1.33. The molecule has 1 fully saturated rings. The lowest BCUT2D eigenvalue weighted by Crippen LogP contribution is -2.38. The molecule has 13 heavy (non-hydrogen) atoms. The van der Waals surface area contributed by atoms with Crippen LogP contribution < -0.4 is 5.32 Å². The third kappa shape index (κ3) is 1.67. The van der Waals surface area contributed by atoms with Crippen molar-refractivity contribution in [3.63, 3.8) is 0 Å². The van der Waals surface area contributed by atoms with Gasteiger partial charge in [-0.05, 0) is 5.57 Å². The van der Waals surface area contributed by atoms with Crippen LogP contribution in [0.4, 0.5) is 0 Å². The highest BCUT2D eigenvalue weighted by atomic mass is 32.2. The third-order valence-corrected chi connectivity index (χ3v) is 3.27. The molecule has 68 valence electrons. The van der Waals surface area contributed by atoms with Gasteiger partial charge in [-0.15, -0.1) is 11.8 Å². The SMILES string of the molecule is C=C1CSC(C2=CCN=C2)C(=O)N1. The maximum atomic E-state index is 11.5. The number of hydrogen-bond acceptors (Lipinski definition) is 3. The summed E-state index contributed by atoms with van der Waals surface area (Å²) in [5, 5.41) is 2.66. The molecule has 1 N–H and O–H groups in total. The van der Waals surface area contributed by atoms with E-state index in [0.29, 0.717) is 6.54 Å². The fraction of sp³-hybridized carbons (Fsp3) is 0.333. The van der Waals surface area contributed by atoms with E-state index in [2.05, 4.69) is 16.9 Å². The van der Waals surface area contributed by atoms with Crippen LogP contribution in [-0.2, 0) is 4.79 Å². The minimum Gasteiger partial charge on any atom is -0.328 e. The average Bonchev–Trinajstić information content (AvgIpc) is 2.56. The summed E-state index contributed by atoms with van der Waals surface area (Å²) in [6, 6.07) is 0. The summed E-state index contributed by atoms with van der Waals surface area (Å²) in [7, 11) is 0. The topological polar surface area (TPSA) is 41.5 Å². The van der Waals surface area contributed by atoms with Crippen LogP contribution in [0.5, 0.6) is 0 Å². The maximum absolute atomic E-state index is 11.5. The zero-order chi connectivity index (χ0) is 9.26. The van der Waals surface area contributed by atoms with Crippen molar-refractivity contribution in [3.05, 3.63) is 23.9 Å². The highest BCUT2D eigenvalue weighted by Gasteiger charge is 2.27. The molecule has 0 aromatic rings. The van der Waals surface area contributed by atoms with Gasteiger partial charge >= 0.3 is 0 Å². The van der Waals surface area contributed by atoms with Gasteiger partial charge in [-0.25, -0.2) is 0 Å². The second-order valence-corrected chi connectivity index (χ2v) is 4.08. The number of carbonyl (C=O) groups excluding carboxylic acids is 1. The summed E-state index contributed by atoms with van der Waals surface area (Å²) >= 11 is 1.61. The number of thioether (sulfide) groups is 1. The Hall–Kier alpha value is -1.03. The molecule has 0 radical (unpaired) electrons. The predicted octanol–water partition coefficient (Wildman–Crippen LogP) is 0.742. The molecular formula is C9H10N2OS. The number of amides is 1. The Morgan fingerprint density at radius 3 is 3.15 bits per heavy atom. The summed E-state index contributed by atoms with van der Waals surface area (Å²) in [6.07, 6.45) is 3.77. The normalized spacial score (nSPS) is 27.4. The van der Waals surface area contributed by atoms with Crippen molar-refractivity contribution in [2.75, 3.05) is 12.3 Å². The first-order valence-electron chi connectivity index (χ1n) is 4.07. The molecule has 2 aliphatic heterocycles. The molecule has 1 unspecified atom stereocenters. The summed E-state index contributed by atoms with van der Waals surface area (Å²) in [6.45, 7) is 4.43. The van der Waals surface area contributed by atoms with Gasteiger partial charge in [0.05, 0.1) is 6.54 Å². The third-order valence-electron chi connectivity index (χ3n) is 1.94. The van der Waals surface area contributed by atoms with E-state index in [4.69, 9.17) is 0 Å². The Balaban J connectivity index is 2.12. The smallest absolute Gasteiger partial charge is 0.241 e. The van der Waals surface area contributed by atoms with Crippen LogP contribution in [0, 0.1) is 0 Å². The number of hydrogen-bond donors (Lipinski definition) is 1. The van der Waals surface area contributed by atoms with Gasteiger partial charge in [0.15, 0.2) is 0 Å². The van der Waals surface area contributed by atoms with E-state index in [1.807, 2.05) is 6.08 Å². The van der Waals surface area contributed by atoms with Crippen LogP contribution in [0.2, 0.25) is 0 Å². The number of carbonyl (C=O) groups is 1. The zero-order valence-electron chi connectivity index (χ0n) is 7.12. The van der Waals surface area contributed by atoms with E-state index in [0.717, 1.165) is 17.0 Å². The lowest BCUT2D eigenvalue weighted by Gasteiger charge is -2.22. The van der Waals surface area contributed by atoms with Crippen LogP contribution in [0.3, 0.4) is 0 Å². The number of rotatable bonds is 1.